The van der Waals surface area contributed by atoms with Crippen molar-refractivity contribution < 1.29 is 10.2 Å². The van der Waals surface area contributed by atoms with E-state index in [4.69, 9.17) is 0 Å². The van der Waals surface area contributed by atoms with Gasteiger partial charge >= 0.3 is 0 Å². The first-order chi connectivity index (χ1) is 13.2. The molecule has 6 nitrogen and oxygen atoms in total. The number of aryl methyl sites for hydroxylation is 1. The third-order valence-electron chi connectivity index (χ3n) is 5.89. The van der Waals surface area contributed by atoms with Crippen molar-refractivity contribution in [1.82, 2.24) is 9.13 Å². The number of nitrogens with zero attached hydrogens (tertiary/aromatic N) is 2. The predicted octanol–water partition coefficient (Wildman–Crippen LogP) is 3.65. The van der Waals surface area contributed by atoms with Gasteiger partial charge in [0.1, 0.15) is 11.5 Å². The average molecular weight is 389 g/mol. The van der Waals surface area contributed by atoms with E-state index >= 15 is 0 Å². The van der Waals surface area contributed by atoms with Gasteiger partial charge in [-0.15, -0.1) is 0 Å². The molecule has 0 aliphatic rings. The fraction of sp³-hybridized carbons (Fsp3) is 0.545. The minimum Gasteiger partial charge on any atom is -0.507 e. The summed E-state index contributed by atoms with van der Waals surface area (Å²) in [6.45, 7) is 12.4. The topological polar surface area (TPSA) is 84.5 Å². The van der Waals surface area contributed by atoms with E-state index in [9.17, 15) is 19.8 Å². The molecule has 2 rings (SSSR count). The van der Waals surface area contributed by atoms with Crippen molar-refractivity contribution in [1.29, 1.82) is 0 Å². The van der Waals surface area contributed by atoms with Crippen LogP contribution in [-0.2, 0) is 13.1 Å². The van der Waals surface area contributed by atoms with E-state index in [2.05, 4.69) is 0 Å². The highest BCUT2D eigenvalue weighted by Gasteiger charge is 2.33. The van der Waals surface area contributed by atoms with Crippen molar-refractivity contribution in [2.75, 3.05) is 0 Å². The Morgan fingerprint density at radius 2 is 1.39 bits per heavy atom. The summed E-state index contributed by atoms with van der Waals surface area (Å²) in [5.74, 6) is -0.651. The predicted molar refractivity (Wildman–Crippen MR) is 111 cm³/mol. The first-order valence-electron chi connectivity index (χ1n) is 10.1. The number of pyridine rings is 2. The van der Waals surface area contributed by atoms with Gasteiger partial charge in [-0.1, -0.05) is 26.7 Å². The minimum absolute atomic E-state index is 0.0269. The van der Waals surface area contributed by atoms with Gasteiger partial charge in [-0.05, 0) is 39.7 Å². The van der Waals surface area contributed by atoms with Crippen molar-refractivity contribution in [3.05, 3.63) is 55.4 Å². The van der Waals surface area contributed by atoms with E-state index in [0.29, 0.717) is 35.6 Å². The Morgan fingerprint density at radius 1 is 0.857 bits per heavy atom. The summed E-state index contributed by atoms with van der Waals surface area (Å²) in [6, 6.07) is 2.82. The molecule has 28 heavy (non-hydrogen) atoms. The summed E-state index contributed by atoms with van der Waals surface area (Å²) in [5, 5.41) is 21.5. The number of aromatic nitrogens is 2. The molecule has 0 fully saturated rings. The first kappa shape index (κ1) is 21.8. The van der Waals surface area contributed by atoms with E-state index in [0.717, 1.165) is 12.8 Å². The molecule has 0 aromatic carbocycles. The smallest absolute Gasteiger partial charge is 0.258 e. The second kappa shape index (κ2) is 8.67. The van der Waals surface area contributed by atoms with E-state index < -0.39 is 5.92 Å². The molecule has 1 unspecified atom stereocenters. The van der Waals surface area contributed by atoms with Crippen molar-refractivity contribution >= 4 is 0 Å². The molecule has 0 saturated carbocycles. The van der Waals surface area contributed by atoms with Gasteiger partial charge in [0.15, 0.2) is 0 Å². The van der Waals surface area contributed by atoms with Crippen LogP contribution in [0.4, 0.5) is 0 Å². The van der Waals surface area contributed by atoms with Gasteiger partial charge in [0.25, 0.3) is 11.1 Å². The van der Waals surface area contributed by atoms with Crippen LogP contribution in [0, 0.1) is 19.8 Å². The van der Waals surface area contributed by atoms with Crippen molar-refractivity contribution in [3.63, 3.8) is 0 Å². The molecule has 2 aromatic rings. The Morgan fingerprint density at radius 3 is 1.89 bits per heavy atom. The highest BCUT2D eigenvalue weighted by Crippen LogP contribution is 2.42. The van der Waals surface area contributed by atoms with Crippen LogP contribution in [0.1, 0.15) is 69.0 Å². The number of hydrogen-bond acceptors (Lipinski definition) is 4. The lowest BCUT2D eigenvalue weighted by atomic mass is 9.77. The SMILES string of the molecule is CCC(CC)C(c1c(O)cc(=O)n(CC)c1C)c1c(O)cc(C)n(CC)c1=O. The van der Waals surface area contributed by atoms with Crippen molar-refractivity contribution in [2.45, 2.75) is 73.4 Å². The van der Waals surface area contributed by atoms with Crippen LogP contribution in [0.2, 0.25) is 0 Å². The molecule has 154 valence electrons. The standard InChI is InChI=1S/C22H32N2O4/c1-7-15(8-2)20(19-14(6)24(10-4)18(27)12-17(19)26)21-16(25)11-13(5)23(9-3)22(21)28/h11-12,15,20,25-26H,7-10H2,1-6H3. The van der Waals surface area contributed by atoms with Crippen LogP contribution in [-0.4, -0.2) is 19.3 Å². The Bertz CT molecular complexity index is 968. The quantitative estimate of drug-likeness (QED) is 0.758. The molecule has 0 bridgehead atoms. The number of aromatic hydroxyl groups is 2. The summed E-state index contributed by atoms with van der Waals surface area (Å²) >= 11 is 0. The van der Waals surface area contributed by atoms with Gasteiger partial charge in [0, 0.05) is 42.0 Å². The molecule has 2 aromatic heterocycles. The number of rotatable bonds is 7. The van der Waals surface area contributed by atoms with E-state index in [1.54, 1.807) is 29.0 Å². The summed E-state index contributed by atoms with van der Waals surface area (Å²) in [5.41, 5.74) is 1.65. The van der Waals surface area contributed by atoms with Gasteiger partial charge in [0.05, 0.1) is 5.56 Å². The van der Waals surface area contributed by atoms with E-state index in [1.807, 2.05) is 27.7 Å². The fourth-order valence-electron chi connectivity index (χ4n) is 4.38. The average Bonchev–Trinajstić information content (AvgIpc) is 2.62. The van der Waals surface area contributed by atoms with Crippen LogP contribution >= 0.6 is 0 Å². The zero-order valence-electron chi connectivity index (χ0n) is 17.7. The Kier molecular flexibility index (Phi) is 6.75. The Labute approximate surface area is 166 Å². The monoisotopic (exact) mass is 388 g/mol. The zero-order valence-corrected chi connectivity index (χ0v) is 17.7. The van der Waals surface area contributed by atoms with Gasteiger partial charge in [-0.3, -0.25) is 9.59 Å². The summed E-state index contributed by atoms with van der Waals surface area (Å²) in [4.78, 5) is 25.6. The van der Waals surface area contributed by atoms with Crippen LogP contribution in [0.5, 0.6) is 11.5 Å². The lowest BCUT2D eigenvalue weighted by Gasteiger charge is -2.30. The Hall–Kier alpha value is -2.50. The van der Waals surface area contributed by atoms with E-state index in [-0.39, 0.29) is 28.5 Å². The van der Waals surface area contributed by atoms with Gasteiger partial charge in [-0.2, -0.15) is 0 Å². The van der Waals surface area contributed by atoms with Gasteiger partial charge < -0.3 is 19.3 Å². The fourth-order valence-corrected chi connectivity index (χ4v) is 4.38. The largest absolute Gasteiger partial charge is 0.507 e. The molecule has 0 amide bonds. The maximum absolute atomic E-state index is 13.3. The van der Waals surface area contributed by atoms with Gasteiger partial charge in [-0.25, -0.2) is 0 Å². The third kappa shape index (κ3) is 3.60. The summed E-state index contributed by atoms with van der Waals surface area (Å²) < 4.78 is 3.22. The molecule has 6 heteroatoms. The second-order valence-electron chi connectivity index (χ2n) is 7.30. The molecular formula is C22H32N2O4. The molecule has 0 aliphatic carbocycles. The molecule has 2 N–H and O–H groups in total. The molecule has 0 aliphatic heterocycles. The summed E-state index contributed by atoms with van der Waals surface area (Å²) in [7, 11) is 0. The summed E-state index contributed by atoms with van der Waals surface area (Å²) in [6.07, 6.45) is 1.54. The molecule has 1 atom stereocenters. The van der Waals surface area contributed by atoms with Crippen LogP contribution in [0.3, 0.4) is 0 Å². The lowest BCUT2D eigenvalue weighted by Crippen LogP contribution is -2.31. The third-order valence-corrected chi connectivity index (χ3v) is 5.89. The second-order valence-corrected chi connectivity index (χ2v) is 7.30. The first-order valence-corrected chi connectivity index (χ1v) is 10.1. The lowest BCUT2D eigenvalue weighted by molar-refractivity contribution is 0.386. The molecular weight excluding hydrogens is 356 g/mol. The van der Waals surface area contributed by atoms with Crippen molar-refractivity contribution in [2.24, 2.45) is 5.92 Å². The highest BCUT2D eigenvalue weighted by molar-refractivity contribution is 5.48. The zero-order chi connectivity index (χ0) is 21.2. The van der Waals surface area contributed by atoms with Gasteiger partial charge in [0.2, 0.25) is 0 Å². The number of hydrogen-bond donors (Lipinski definition) is 2. The highest BCUT2D eigenvalue weighted by atomic mass is 16.3. The molecule has 0 radical (unpaired) electrons. The molecule has 2 heterocycles. The van der Waals surface area contributed by atoms with Crippen LogP contribution in [0.15, 0.2) is 21.7 Å². The van der Waals surface area contributed by atoms with Crippen LogP contribution in [0.25, 0.3) is 0 Å². The van der Waals surface area contributed by atoms with E-state index in [1.165, 1.54) is 6.07 Å². The minimum atomic E-state index is -0.501. The van der Waals surface area contributed by atoms with Crippen molar-refractivity contribution in [3.8, 4) is 11.5 Å². The Balaban J connectivity index is 2.97. The maximum atomic E-state index is 13.3. The maximum Gasteiger partial charge on any atom is 0.258 e. The molecule has 0 saturated heterocycles. The van der Waals surface area contributed by atoms with Crippen LogP contribution < -0.4 is 11.1 Å². The normalized spacial score (nSPS) is 12.5. The molecule has 0 spiro atoms.